The van der Waals surface area contributed by atoms with Gasteiger partial charge in [-0.25, -0.2) is 0 Å². The van der Waals surface area contributed by atoms with E-state index in [1.165, 1.54) is 42.4 Å². The number of benzene rings is 5. The van der Waals surface area contributed by atoms with Gasteiger partial charge in [0.25, 0.3) is 0 Å². The summed E-state index contributed by atoms with van der Waals surface area (Å²) in [5.41, 5.74) is 3.13. The fourth-order valence-corrected chi connectivity index (χ4v) is 6.92. The SMILES string of the molecule is c1ccc(COc2cc(OCc3ccccc3)c(-c3cc4ccccc4s3)cc2Oc2ccc(OCCN3CCCCC3)cc2)cc1. The van der Waals surface area contributed by atoms with Gasteiger partial charge in [0, 0.05) is 27.8 Å². The zero-order valence-corrected chi connectivity index (χ0v) is 27.3. The summed E-state index contributed by atoms with van der Waals surface area (Å²) < 4.78 is 26.8. The molecule has 1 saturated heterocycles. The van der Waals surface area contributed by atoms with Crippen molar-refractivity contribution in [2.24, 2.45) is 0 Å². The Hall–Kier alpha value is -4.78. The lowest BCUT2D eigenvalue weighted by atomic mass is 10.1. The van der Waals surface area contributed by atoms with Crippen LogP contribution in [-0.4, -0.2) is 31.1 Å². The van der Waals surface area contributed by atoms with Crippen LogP contribution in [0.2, 0.25) is 0 Å². The maximum atomic E-state index is 6.57. The summed E-state index contributed by atoms with van der Waals surface area (Å²) in [5, 5.41) is 1.20. The third-order valence-corrected chi connectivity index (χ3v) is 9.54. The first kappa shape index (κ1) is 30.9. The molecule has 0 bridgehead atoms. The standard InChI is InChI=1S/C41H39NO4S/c1-4-12-31(13-5-1)29-44-37-28-38(45-30-32-14-6-2-7-15-32)39(27-36(37)41-26-33-16-8-9-17-40(33)47-41)46-35-20-18-34(19-21-35)43-25-24-42-22-10-3-11-23-42/h1-2,4-9,12-21,26-28H,3,10-11,22-25,29-30H2. The molecule has 6 aromatic rings. The first-order valence-electron chi connectivity index (χ1n) is 16.4. The van der Waals surface area contributed by atoms with Crippen molar-refractivity contribution in [3.63, 3.8) is 0 Å². The molecule has 7 rings (SSSR count). The van der Waals surface area contributed by atoms with Gasteiger partial charge in [-0.2, -0.15) is 0 Å². The van der Waals surface area contributed by atoms with Gasteiger partial charge >= 0.3 is 0 Å². The minimum absolute atomic E-state index is 0.404. The van der Waals surface area contributed by atoms with Crippen LogP contribution in [0.5, 0.6) is 28.7 Å². The molecular weight excluding hydrogens is 603 g/mol. The van der Waals surface area contributed by atoms with Gasteiger partial charge in [0.1, 0.15) is 37.1 Å². The second-order valence-corrected chi connectivity index (χ2v) is 12.9. The smallest absolute Gasteiger partial charge is 0.170 e. The quantitative estimate of drug-likeness (QED) is 0.126. The average molecular weight is 642 g/mol. The molecule has 0 atom stereocenters. The van der Waals surface area contributed by atoms with Gasteiger partial charge in [0.05, 0.1) is 0 Å². The first-order chi connectivity index (χ1) is 23.3. The first-order valence-corrected chi connectivity index (χ1v) is 17.2. The maximum absolute atomic E-state index is 6.57. The molecule has 0 unspecified atom stereocenters. The van der Waals surface area contributed by atoms with Crippen molar-refractivity contribution in [2.45, 2.75) is 32.5 Å². The van der Waals surface area contributed by atoms with Gasteiger partial charge in [-0.05, 0) is 84.9 Å². The number of ether oxygens (including phenoxy) is 4. The highest BCUT2D eigenvalue weighted by Gasteiger charge is 2.19. The molecule has 0 aliphatic carbocycles. The minimum Gasteiger partial charge on any atom is -0.492 e. The van der Waals surface area contributed by atoms with Gasteiger partial charge in [0.15, 0.2) is 11.5 Å². The largest absolute Gasteiger partial charge is 0.492 e. The molecule has 5 nitrogen and oxygen atoms in total. The van der Waals surface area contributed by atoms with Crippen LogP contribution >= 0.6 is 11.3 Å². The lowest BCUT2D eigenvalue weighted by molar-refractivity contribution is 0.183. The Morgan fingerprint density at radius 1 is 0.553 bits per heavy atom. The average Bonchev–Trinajstić information content (AvgIpc) is 3.57. The van der Waals surface area contributed by atoms with E-state index in [1.807, 2.05) is 72.8 Å². The van der Waals surface area contributed by atoms with E-state index in [0.717, 1.165) is 39.6 Å². The number of fused-ring (bicyclic) bond motifs is 1. The van der Waals surface area contributed by atoms with E-state index < -0.39 is 0 Å². The zero-order chi connectivity index (χ0) is 31.7. The molecule has 0 N–H and O–H groups in total. The van der Waals surface area contributed by atoms with Crippen molar-refractivity contribution in [3.05, 3.63) is 139 Å². The van der Waals surface area contributed by atoms with Gasteiger partial charge in [-0.15, -0.1) is 11.3 Å². The number of piperidine rings is 1. The van der Waals surface area contributed by atoms with Crippen LogP contribution in [0.4, 0.5) is 0 Å². The van der Waals surface area contributed by atoms with Gasteiger partial charge in [0.2, 0.25) is 0 Å². The molecule has 0 amide bonds. The van der Waals surface area contributed by atoms with Crippen LogP contribution in [0.25, 0.3) is 20.5 Å². The lowest BCUT2D eigenvalue weighted by Gasteiger charge is -2.26. The molecule has 0 spiro atoms. The summed E-state index contributed by atoms with van der Waals surface area (Å²) in [5.74, 6) is 3.53. The molecule has 5 aromatic carbocycles. The Labute approximate surface area is 280 Å². The third-order valence-electron chi connectivity index (χ3n) is 8.39. The number of likely N-dealkylation sites (tertiary alicyclic amines) is 1. The zero-order valence-electron chi connectivity index (χ0n) is 26.5. The fourth-order valence-electron chi connectivity index (χ4n) is 5.84. The van der Waals surface area contributed by atoms with Crippen LogP contribution in [0.15, 0.2) is 127 Å². The minimum atomic E-state index is 0.404. The molecule has 1 fully saturated rings. The maximum Gasteiger partial charge on any atom is 0.170 e. The normalized spacial score (nSPS) is 13.4. The molecule has 47 heavy (non-hydrogen) atoms. The number of hydrogen-bond acceptors (Lipinski definition) is 6. The number of hydrogen-bond donors (Lipinski definition) is 0. The second-order valence-electron chi connectivity index (χ2n) is 11.8. The van der Waals surface area contributed by atoms with E-state index in [2.05, 4.69) is 59.5 Å². The molecule has 1 aromatic heterocycles. The van der Waals surface area contributed by atoms with Crippen LogP contribution < -0.4 is 18.9 Å². The van der Waals surface area contributed by atoms with Crippen LogP contribution in [0.3, 0.4) is 0 Å². The monoisotopic (exact) mass is 641 g/mol. The summed E-state index contributed by atoms with van der Waals surface area (Å²) in [6, 6.07) is 42.9. The van der Waals surface area contributed by atoms with Crippen molar-refractivity contribution in [2.75, 3.05) is 26.2 Å². The Morgan fingerprint density at radius 2 is 1.19 bits per heavy atom. The summed E-state index contributed by atoms with van der Waals surface area (Å²) in [6.45, 7) is 4.83. The Morgan fingerprint density at radius 3 is 1.89 bits per heavy atom. The van der Waals surface area contributed by atoms with Crippen molar-refractivity contribution in [1.82, 2.24) is 4.90 Å². The predicted molar refractivity (Wildman–Crippen MR) is 191 cm³/mol. The van der Waals surface area contributed by atoms with Crippen molar-refractivity contribution < 1.29 is 18.9 Å². The highest BCUT2D eigenvalue weighted by molar-refractivity contribution is 7.22. The van der Waals surface area contributed by atoms with Gasteiger partial charge in [-0.3, -0.25) is 4.90 Å². The summed E-state index contributed by atoms with van der Waals surface area (Å²) in [4.78, 5) is 3.59. The second kappa shape index (κ2) is 15.2. The molecule has 1 aliphatic rings. The highest BCUT2D eigenvalue weighted by atomic mass is 32.1. The van der Waals surface area contributed by atoms with Crippen LogP contribution in [0.1, 0.15) is 30.4 Å². The molecule has 6 heteroatoms. The van der Waals surface area contributed by atoms with E-state index in [4.69, 9.17) is 18.9 Å². The van der Waals surface area contributed by atoms with Crippen molar-refractivity contribution in [1.29, 1.82) is 0 Å². The third kappa shape index (κ3) is 8.15. The molecule has 1 aliphatic heterocycles. The molecule has 2 heterocycles. The topological polar surface area (TPSA) is 40.2 Å². The molecule has 0 radical (unpaired) electrons. The van der Waals surface area contributed by atoms with E-state index in [1.54, 1.807) is 11.3 Å². The Kier molecular flexibility index (Phi) is 9.98. The summed E-state index contributed by atoms with van der Waals surface area (Å²) in [6.07, 6.45) is 3.91. The number of rotatable bonds is 13. The van der Waals surface area contributed by atoms with Crippen LogP contribution in [0, 0.1) is 0 Å². The van der Waals surface area contributed by atoms with E-state index in [9.17, 15) is 0 Å². The van der Waals surface area contributed by atoms with Crippen LogP contribution in [-0.2, 0) is 13.2 Å². The highest BCUT2D eigenvalue weighted by Crippen LogP contribution is 2.46. The number of nitrogens with zero attached hydrogens (tertiary/aromatic N) is 1. The molecular formula is C41H39NO4S. The summed E-state index contributed by atoms with van der Waals surface area (Å²) >= 11 is 1.74. The predicted octanol–water partition coefficient (Wildman–Crippen LogP) is 10.4. The van der Waals surface area contributed by atoms with Crippen molar-refractivity contribution >= 4 is 21.4 Å². The Bertz CT molecular complexity index is 1830. The summed E-state index contributed by atoms with van der Waals surface area (Å²) in [7, 11) is 0. The number of thiophene rings is 1. The fraction of sp³-hybridized carbons (Fsp3) is 0.220. The molecule has 238 valence electrons. The van der Waals surface area contributed by atoms with Gasteiger partial charge < -0.3 is 18.9 Å². The Balaban J connectivity index is 1.17. The lowest BCUT2D eigenvalue weighted by Crippen LogP contribution is -2.33. The molecule has 0 saturated carbocycles. The van der Waals surface area contributed by atoms with E-state index in [0.29, 0.717) is 37.1 Å². The van der Waals surface area contributed by atoms with Crippen molar-refractivity contribution in [3.8, 4) is 39.2 Å². The van der Waals surface area contributed by atoms with E-state index in [-0.39, 0.29) is 0 Å². The van der Waals surface area contributed by atoms with E-state index >= 15 is 0 Å². The van der Waals surface area contributed by atoms with Gasteiger partial charge in [-0.1, -0.05) is 85.3 Å².